The lowest BCUT2D eigenvalue weighted by atomic mass is 9.98. The van der Waals surface area contributed by atoms with E-state index in [0.717, 1.165) is 22.2 Å². The van der Waals surface area contributed by atoms with Crippen molar-refractivity contribution in [2.24, 2.45) is 0 Å². The van der Waals surface area contributed by atoms with Crippen molar-refractivity contribution < 1.29 is 30.0 Å². The minimum Gasteiger partial charge on any atom is -0.394 e. The molecule has 0 saturated carbocycles. The van der Waals surface area contributed by atoms with Gasteiger partial charge in [0.15, 0.2) is 10.5 Å². The van der Waals surface area contributed by atoms with Crippen LogP contribution in [-0.2, 0) is 9.53 Å². The fourth-order valence-corrected chi connectivity index (χ4v) is 4.01. The Morgan fingerprint density at radius 2 is 1.84 bits per heavy atom. The summed E-state index contributed by atoms with van der Waals surface area (Å²) in [4.78, 5) is 14.1. The lowest BCUT2D eigenvalue weighted by molar-refractivity contribution is -0.252. The van der Waals surface area contributed by atoms with Crippen LogP contribution in [0, 0.1) is 0 Å². The summed E-state index contributed by atoms with van der Waals surface area (Å²) in [7, 11) is 0. The third-order valence-electron chi connectivity index (χ3n) is 4.04. The molecule has 1 amide bonds. The van der Waals surface area contributed by atoms with Crippen molar-refractivity contribution in [1.29, 1.82) is 0 Å². The second kappa shape index (κ2) is 7.50. The molecule has 5 atom stereocenters. The molecule has 0 aromatic heterocycles. The van der Waals surface area contributed by atoms with E-state index >= 15 is 0 Å². The summed E-state index contributed by atoms with van der Waals surface area (Å²) >= 11 is 6.27. The third kappa shape index (κ3) is 3.49. The molecule has 9 heteroatoms. The number of aliphatic hydroxyl groups excluding tert-OH is 4. The van der Waals surface area contributed by atoms with Gasteiger partial charge in [0.2, 0.25) is 0 Å². The van der Waals surface area contributed by atoms with E-state index in [-0.39, 0.29) is 4.32 Å². The summed E-state index contributed by atoms with van der Waals surface area (Å²) in [5.74, 6) is -0.469. The van der Waals surface area contributed by atoms with Crippen LogP contribution < -0.4 is 0 Å². The van der Waals surface area contributed by atoms with Crippen LogP contribution in [0.5, 0.6) is 0 Å². The van der Waals surface area contributed by atoms with Gasteiger partial charge in [-0.2, -0.15) is 0 Å². The maximum atomic E-state index is 12.7. The van der Waals surface area contributed by atoms with E-state index in [9.17, 15) is 25.2 Å². The van der Waals surface area contributed by atoms with E-state index in [1.807, 2.05) is 30.3 Å². The number of carbonyl (C=O) groups is 1. The van der Waals surface area contributed by atoms with Gasteiger partial charge in [0, 0.05) is 0 Å². The monoisotopic (exact) mass is 383 g/mol. The molecule has 1 aromatic rings. The van der Waals surface area contributed by atoms with Gasteiger partial charge in [-0.1, -0.05) is 54.3 Å². The number of benzene rings is 1. The molecule has 134 valence electrons. The molecule has 1 aromatic carbocycles. The molecule has 7 nitrogen and oxygen atoms in total. The summed E-state index contributed by atoms with van der Waals surface area (Å²) in [5, 5.41) is 39.2. The number of thioether (sulfide) groups is 1. The average molecular weight is 383 g/mol. The predicted octanol–water partition coefficient (Wildman–Crippen LogP) is -0.312. The van der Waals surface area contributed by atoms with Gasteiger partial charge < -0.3 is 25.2 Å². The molecule has 3 rings (SSSR count). The molecule has 2 saturated heterocycles. The summed E-state index contributed by atoms with van der Waals surface area (Å²) in [6, 6.07) is 9.20. The second-order valence-electron chi connectivity index (χ2n) is 5.68. The molecule has 2 fully saturated rings. The number of aliphatic hydroxyl groups is 4. The lowest BCUT2D eigenvalue weighted by Gasteiger charge is -2.42. The Morgan fingerprint density at radius 1 is 1.16 bits per heavy atom. The van der Waals surface area contributed by atoms with Crippen LogP contribution in [0.1, 0.15) is 5.56 Å². The van der Waals surface area contributed by atoms with Crippen LogP contribution in [0.25, 0.3) is 6.08 Å². The number of ether oxygens (including phenoxy) is 1. The van der Waals surface area contributed by atoms with Crippen LogP contribution >= 0.6 is 24.0 Å². The Bertz CT molecular complexity index is 695. The molecule has 2 aliphatic rings. The summed E-state index contributed by atoms with van der Waals surface area (Å²) in [5.41, 5.74) is 0.816. The Balaban J connectivity index is 1.86. The number of thiocarbonyl (C=S) groups is 1. The van der Waals surface area contributed by atoms with Crippen molar-refractivity contribution in [1.82, 2.24) is 4.90 Å². The van der Waals surface area contributed by atoms with E-state index in [1.165, 1.54) is 0 Å². The number of carbonyl (C=O) groups excluding carboxylic acids is 1. The first-order valence-corrected chi connectivity index (χ1v) is 8.79. The van der Waals surface area contributed by atoms with Gasteiger partial charge in [-0.05, 0) is 11.6 Å². The minimum absolute atomic E-state index is 0.163. The first kappa shape index (κ1) is 18.5. The van der Waals surface area contributed by atoms with Crippen LogP contribution in [0.4, 0.5) is 0 Å². The van der Waals surface area contributed by atoms with E-state index < -0.39 is 43.2 Å². The quantitative estimate of drug-likeness (QED) is 0.416. The van der Waals surface area contributed by atoms with Crippen molar-refractivity contribution in [2.45, 2.75) is 30.6 Å². The minimum atomic E-state index is -1.57. The van der Waals surface area contributed by atoms with Crippen molar-refractivity contribution in [3.05, 3.63) is 40.8 Å². The molecule has 0 spiro atoms. The number of nitrogens with zero attached hydrogens (tertiary/aromatic N) is 1. The molecule has 0 unspecified atom stereocenters. The normalized spacial score (nSPS) is 34.8. The SMILES string of the molecule is O=C1/C(=C\c2ccccc2)SC(=S)N1[C@@H]1O[C@@H](CO)[C@@H](O)[C@@H](O)[C@H]1O. The molecule has 0 aliphatic carbocycles. The molecule has 2 aliphatic heterocycles. The fourth-order valence-electron chi connectivity index (χ4n) is 2.70. The Hall–Kier alpha value is -1.33. The van der Waals surface area contributed by atoms with E-state index in [0.29, 0.717) is 4.91 Å². The van der Waals surface area contributed by atoms with Crippen LogP contribution in [0.3, 0.4) is 0 Å². The highest BCUT2D eigenvalue weighted by Gasteiger charge is 2.50. The highest BCUT2D eigenvalue weighted by molar-refractivity contribution is 8.26. The number of rotatable bonds is 3. The van der Waals surface area contributed by atoms with Gasteiger partial charge in [0.1, 0.15) is 24.4 Å². The third-order valence-corrected chi connectivity index (χ3v) is 5.37. The fraction of sp³-hybridized carbons (Fsp3) is 0.375. The zero-order chi connectivity index (χ0) is 18.1. The van der Waals surface area contributed by atoms with Gasteiger partial charge in [0.25, 0.3) is 5.91 Å². The average Bonchev–Trinajstić information content (AvgIpc) is 2.88. The topological polar surface area (TPSA) is 110 Å². The summed E-state index contributed by atoms with van der Waals surface area (Å²) in [6.07, 6.45) is -5.34. The van der Waals surface area contributed by atoms with Gasteiger partial charge in [0.05, 0.1) is 11.5 Å². The van der Waals surface area contributed by atoms with Crippen LogP contribution in [0.2, 0.25) is 0 Å². The Morgan fingerprint density at radius 3 is 2.48 bits per heavy atom. The summed E-state index contributed by atoms with van der Waals surface area (Å²) in [6.45, 7) is -0.573. The number of hydrogen-bond acceptors (Lipinski definition) is 8. The molecule has 0 radical (unpaired) electrons. The largest absolute Gasteiger partial charge is 0.394 e. The molecule has 2 heterocycles. The Labute approximate surface area is 153 Å². The zero-order valence-corrected chi connectivity index (χ0v) is 14.6. The number of hydrogen-bond donors (Lipinski definition) is 4. The first-order valence-electron chi connectivity index (χ1n) is 7.56. The highest BCUT2D eigenvalue weighted by Crippen LogP contribution is 2.37. The van der Waals surface area contributed by atoms with Crippen LogP contribution in [0.15, 0.2) is 35.2 Å². The van der Waals surface area contributed by atoms with Crippen molar-refractivity contribution in [2.75, 3.05) is 6.61 Å². The smallest absolute Gasteiger partial charge is 0.268 e. The molecule has 4 N–H and O–H groups in total. The van der Waals surface area contributed by atoms with Gasteiger partial charge in [-0.25, -0.2) is 0 Å². The highest BCUT2D eigenvalue weighted by atomic mass is 32.2. The van der Waals surface area contributed by atoms with E-state index in [4.69, 9.17) is 17.0 Å². The van der Waals surface area contributed by atoms with Crippen molar-refractivity contribution in [3.63, 3.8) is 0 Å². The standard InChI is InChI=1S/C16H17NO6S2/c18-7-9-11(19)12(20)13(21)15(23-9)17-14(22)10(25-16(17)24)6-8-4-2-1-3-5-8/h1-6,9,11-13,15,18-21H,7H2/b10-6+/t9-,11+,12+,13+,15+/m0/s1. The molecular weight excluding hydrogens is 366 g/mol. The second-order valence-corrected chi connectivity index (χ2v) is 7.36. The molecular formula is C16H17NO6S2. The Kier molecular flexibility index (Phi) is 5.54. The maximum Gasteiger partial charge on any atom is 0.268 e. The van der Waals surface area contributed by atoms with Crippen LogP contribution in [-0.4, -0.2) is 72.8 Å². The predicted molar refractivity (Wildman–Crippen MR) is 95.2 cm³/mol. The van der Waals surface area contributed by atoms with E-state index in [2.05, 4.69) is 0 Å². The van der Waals surface area contributed by atoms with Crippen molar-refractivity contribution in [3.8, 4) is 0 Å². The molecule has 0 bridgehead atoms. The van der Waals surface area contributed by atoms with E-state index in [1.54, 1.807) is 6.08 Å². The summed E-state index contributed by atoms with van der Waals surface area (Å²) < 4.78 is 5.58. The van der Waals surface area contributed by atoms with Crippen molar-refractivity contribution >= 4 is 40.3 Å². The van der Waals surface area contributed by atoms with Gasteiger partial charge >= 0.3 is 0 Å². The zero-order valence-electron chi connectivity index (χ0n) is 12.9. The molecule has 25 heavy (non-hydrogen) atoms. The van der Waals surface area contributed by atoms with Gasteiger partial charge in [-0.15, -0.1) is 0 Å². The lowest BCUT2D eigenvalue weighted by Crippen LogP contribution is -2.63. The first-order chi connectivity index (χ1) is 11.9. The van der Waals surface area contributed by atoms with Gasteiger partial charge in [-0.3, -0.25) is 9.69 Å². The maximum absolute atomic E-state index is 12.7. The number of amides is 1.